The summed E-state index contributed by atoms with van der Waals surface area (Å²) in [5.74, 6) is 0.470. The molecule has 2 unspecified atom stereocenters. The number of hydrogen-bond acceptors (Lipinski definition) is 5. The predicted octanol–water partition coefficient (Wildman–Crippen LogP) is 4.02. The van der Waals surface area contributed by atoms with Gasteiger partial charge in [0.15, 0.2) is 0 Å². The van der Waals surface area contributed by atoms with E-state index in [4.69, 9.17) is 4.42 Å². The van der Waals surface area contributed by atoms with E-state index in [1.807, 2.05) is 35.2 Å². The molecule has 1 fully saturated rings. The number of nitrogens with one attached hydrogen (secondary N) is 2. The lowest BCUT2D eigenvalue weighted by atomic mass is 9.97. The van der Waals surface area contributed by atoms with Crippen LogP contribution in [-0.2, 0) is 6.42 Å². The molecular weight excluding hydrogens is 421 g/mol. The van der Waals surface area contributed by atoms with Gasteiger partial charge in [-0.2, -0.15) is 0 Å². The van der Waals surface area contributed by atoms with Crippen LogP contribution in [0.1, 0.15) is 42.8 Å². The van der Waals surface area contributed by atoms with Crippen LogP contribution in [0.2, 0.25) is 0 Å². The zero-order valence-electron chi connectivity index (χ0n) is 19.7. The molecule has 2 aromatic heterocycles. The van der Waals surface area contributed by atoms with E-state index in [-0.39, 0.29) is 23.8 Å². The van der Waals surface area contributed by atoms with Gasteiger partial charge >= 0.3 is 0 Å². The number of H-pyrrole nitrogens is 1. The highest BCUT2D eigenvalue weighted by atomic mass is 19.1. The average molecular weight is 456 g/mol. The van der Waals surface area contributed by atoms with Crippen molar-refractivity contribution in [3.05, 3.63) is 48.0 Å². The third kappa shape index (κ3) is 5.55. The molecule has 33 heavy (non-hydrogen) atoms. The Morgan fingerprint density at radius 2 is 2.12 bits per heavy atom. The molecule has 4 rings (SSSR count). The fourth-order valence-electron chi connectivity index (χ4n) is 4.38. The van der Waals surface area contributed by atoms with Crippen molar-refractivity contribution in [1.82, 2.24) is 20.2 Å². The number of likely N-dealkylation sites (N-methyl/N-ethyl adjacent to an activating group) is 1. The van der Waals surface area contributed by atoms with Crippen molar-refractivity contribution in [1.29, 1.82) is 0 Å². The molecule has 3 aromatic rings. The zero-order valence-corrected chi connectivity index (χ0v) is 19.7. The lowest BCUT2D eigenvalue weighted by Crippen LogP contribution is -2.52. The van der Waals surface area contributed by atoms with Gasteiger partial charge in [-0.25, -0.2) is 9.37 Å². The Balaban J connectivity index is 1.44. The summed E-state index contributed by atoms with van der Waals surface area (Å²) >= 11 is 0. The Labute approximate surface area is 194 Å². The average Bonchev–Trinajstić information content (AvgIpc) is 3.46. The molecule has 0 radical (unpaired) electrons. The Bertz CT molecular complexity index is 1060. The van der Waals surface area contributed by atoms with E-state index in [1.165, 1.54) is 17.1 Å². The Morgan fingerprint density at radius 3 is 2.91 bits per heavy atom. The first-order chi connectivity index (χ1) is 15.9. The molecule has 1 saturated heterocycles. The van der Waals surface area contributed by atoms with Crippen LogP contribution >= 0.6 is 0 Å². The fourth-order valence-corrected chi connectivity index (χ4v) is 4.38. The standard InChI is InChI=1S/C25H34FN5O2/c1-17(2)8-9-19(12-18-14-27-22-7-5-4-6-21(18)22)29-24(32)23-15-28-25(33-23)31-11-10-30(3)20(13-26)16-31/h4-7,14-15,17,19-20,27H,8-13,16H2,1-3H3,(H,29,32). The van der Waals surface area contributed by atoms with Crippen molar-refractivity contribution in [2.45, 2.75) is 45.2 Å². The number of rotatable bonds is 9. The minimum atomic E-state index is -0.424. The van der Waals surface area contributed by atoms with Crippen LogP contribution in [0.4, 0.5) is 10.4 Å². The first-order valence-corrected chi connectivity index (χ1v) is 11.8. The molecule has 2 atom stereocenters. The van der Waals surface area contributed by atoms with Crippen molar-refractivity contribution in [2.24, 2.45) is 5.92 Å². The van der Waals surface area contributed by atoms with Crippen molar-refractivity contribution in [3.8, 4) is 0 Å². The summed E-state index contributed by atoms with van der Waals surface area (Å²) in [6.07, 6.45) is 6.13. The van der Waals surface area contributed by atoms with Gasteiger partial charge in [0.1, 0.15) is 6.67 Å². The van der Waals surface area contributed by atoms with Gasteiger partial charge in [0, 0.05) is 42.8 Å². The molecule has 7 nitrogen and oxygen atoms in total. The third-order valence-corrected chi connectivity index (χ3v) is 6.51. The largest absolute Gasteiger partial charge is 0.418 e. The fraction of sp³-hybridized carbons (Fsp3) is 0.520. The quantitative estimate of drug-likeness (QED) is 0.510. The summed E-state index contributed by atoms with van der Waals surface area (Å²) in [5, 5.41) is 4.34. The number of para-hydroxylation sites is 1. The Morgan fingerprint density at radius 1 is 1.30 bits per heavy atom. The number of piperazine rings is 1. The van der Waals surface area contributed by atoms with Crippen LogP contribution in [0.5, 0.6) is 0 Å². The number of aromatic nitrogens is 2. The van der Waals surface area contributed by atoms with Gasteiger partial charge in [-0.3, -0.25) is 9.69 Å². The molecule has 3 heterocycles. The van der Waals surface area contributed by atoms with Gasteiger partial charge in [0.05, 0.1) is 12.2 Å². The molecule has 1 amide bonds. The minimum Gasteiger partial charge on any atom is -0.418 e. The second kappa shape index (κ2) is 10.4. The molecule has 1 aromatic carbocycles. The maximum absolute atomic E-state index is 13.3. The summed E-state index contributed by atoms with van der Waals surface area (Å²) in [6.45, 7) is 5.85. The van der Waals surface area contributed by atoms with E-state index >= 15 is 0 Å². The van der Waals surface area contributed by atoms with Crippen molar-refractivity contribution in [3.63, 3.8) is 0 Å². The van der Waals surface area contributed by atoms with Gasteiger partial charge in [-0.1, -0.05) is 32.0 Å². The van der Waals surface area contributed by atoms with Crippen LogP contribution in [-0.4, -0.2) is 66.2 Å². The van der Waals surface area contributed by atoms with Gasteiger partial charge in [0.2, 0.25) is 5.76 Å². The summed E-state index contributed by atoms with van der Waals surface area (Å²) in [7, 11) is 1.92. The van der Waals surface area contributed by atoms with Gasteiger partial charge in [0.25, 0.3) is 11.9 Å². The number of nitrogens with zero attached hydrogens (tertiary/aromatic N) is 3. The van der Waals surface area contributed by atoms with E-state index in [0.717, 1.165) is 31.3 Å². The van der Waals surface area contributed by atoms with E-state index in [9.17, 15) is 9.18 Å². The molecule has 1 aliphatic rings. The van der Waals surface area contributed by atoms with Gasteiger partial charge < -0.3 is 19.6 Å². The van der Waals surface area contributed by atoms with E-state index in [1.54, 1.807) is 0 Å². The van der Waals surface area contributed by atoms with Gasteiger partial charge in [-0.05, 0) is 43.9 Å². The number of fused-ring (bicyclic) bond motifs is 1. The number of alkyl halides is 1. The highest BCUT2D eigenvalue weighted by Crippen LogP contribution is 2.22. The number of amides is 1. The second-order valence-electron chi connectivity index (χ2n) is 9.45. The van der Waals surface area contributed by atoms with E-state index in [2.05, 4.69) is 41.3 Å². The summed E-state index contributed by atoms with van der Waals surface area (Å²) in [5.41, 5.74) is 2.28. The zero-order chi connectivity index (χ0) is 23.4. The molecule has 0 saturated carbocycles. The van der Waals surface area contributed by atoms with Crippen LogP contribution in [0.25, 0.3) is 10.9 Å². The van der Waals surface area contributed by atoms with Crippen LogP contribution in [0.15, 0.2) is 41.1 Å². The molecular formula is C25H34FN5O2. The monoisotopic (exact) mass is 455 g/mol. The minimum absolute atomic E-state index is 0.0211. The molecule has 0 spiro atoms. The number of benzene rings is 1. The smallest absolute Gasteiger partial charge is 0.298 e. The molecule has 0 aliphatic carbocycles. The van der Waals surface area contributed by atoms with Crippen LogP contribution in [0.3, 0.4) is 0 Å². The number of hydrogen-bond donors (Lipinski definition) is 2. The Kier molecular flexibility index (Phi) is 7.33. The number of oxazole rings is 1. The number of aromatic amines is 1. The molecule has 0 bridgehead atoms. The first-order valence-electron chi connectivity index (χ1n) is 11.8. The SMILES string of the molecule is CC(C)CCC(Cc1c[nH]c2ccccc12)NC(=O)c1cnc(N2CCN(C)C(CF)C2)o1. The van der Waals surface area contributed by atoms with Crippen LogP contribution < -0.4 is 10.2 Å². The topological polar surface area (TPSA) is 77.4 Å². The van der Waals surface area contributed by atoms with Crippen LogP contribution in [0, 0.1) is 5.92 Å². The first kappa shape index (κ1) is 23.3. The molecule has 1 aliphatic heterocycles. The number of carbonyl (C=O) groups is 1. The maximum atomic E-state index is 13.3. The second-order valence-corrected chi connectivity index (χ2v) is 9.45. The van der Waals surface area contributed by atoms with E-state index in [0.29, 0.717) is 25.0 Å². The number of halogens is 1. The summed E-state index contributed by atoms with van der Waals surface area (Å²) in [4.78, 5) is 24.5. The summed E-state index contributed by atoms with van der Waals surface area (Å²) < 4.78 is 19.1. The lowest BCUT2D eigenvalue weighted by Gasteiger charge is -2.37. The number of anilines is 1. The predicted molar refractivity (Wildman–Crippen MR) is 128 cm³/mol. The third-order valence-electron chi connectivity index (χ3n) is 6.51. The molecule has 178 valence electrons. The highest BCUT2D eigenvalue weighted by Gasteiger charge is 2.28. The lowest BCUT2D eigenvalue weighted by molar-refractivity contribution is 0.0905. The molecule has 2 N–H and O–H groups in total. The van der Waals surface area contributed by atoms with Gasteiger partial charge in [-0.15, -0.1) is 0 Å². The van der Waals surface area contributed by atoms with Crippen molar-refractivity contribution >= 4 is 22.8 Å². The Hall–Kier alpha value is -2.87. The summed E-state index contributed by atoms with van der Waals surface area (Å²) in [6, 6.07) is 8.37. The highest BCUT2D eigenvalue weighted by molar-refractivity contribution is 5.91. The molecule has 8 heteroatoms. The van der Waals surface area contributed by atoms with Crippen molar-refractivity contribution < 1.29 is 13.6 Å². The maximum Gasteiger partial charge on any atom is 0.298 e. The van der Waals surface area contributed by atoms with E-state index < -0.39 is 6.67 Å². The van der Waals surface area contributed by atoms with Crippen molar-refractivity contribution in [2.75, 3.05) is 38.3 Å². The number of carbonyl (C=O) groups excluding carboxylic acids is 1. The normalized spacial score (nSPS) is 18.2.